The van der Waals surface area contributed by atoms with Crippen LogP contribution in [0.4, 0.5) is 5.69 Å². The third-order valence-electron chi connectivity index (χ3n) is 4.85. The molecule has 2 N–H and O–H groups in total. The minimum atomic E-state index is -0.0408. The number of hydrogen-bond donors (Lipinski definition) is 2. The van der Waals surface area contributed by atoms with E-state index in [4.69, 9.17) is 0 Å². The summed E-state index contributed by atoms with van der Waals surface area (Å²) in [5.74, 6) is 1.01. The maximum atomic E-state index is 12.4. The normalized spacial score (nSPS) is 10.7. The SMILES string of the molecule is Cc1cccc(NCc2nnc(SCC(=O)NCc3ccccc3)n2-c2ccccc2)c1. The number of aryl methyl sites for hydroxylation is 1. The number of para-hydroxylation sites is 1. The summed E-state index contributed by atoms with van der Waals surface area (Å²) < 4.78 is 2.00. The first-order valence-corrected chi connectivity index (χ1v) is 11.4. The molecule has 0 bridgehead atoms. The summed E-state index contributed by atoms with van der Waals surface area (Å²) in [5, 5.41) is 15.8. The van der Waals surface area contributed by atoms with Gasteiger partial charge in [0.25, 0.3) is 0 Å². The number of carbonyl (C=O) groups excluding carboxylic acids is 1. The van der Waals surface area contributed by atoms with Crippen LogP contribution in [-0.4, -0.2) is 26.4 Å². The smallest absolute Gasteiger partial charge is 0.230 e. The summed E-state index contributed by atoms with van der Waals surface area (Å²) in [7, 11) is 0. The fraction of sp³-hybridized carbons (Fsp3) is 0.160. The zero-order chi connectivity index (χ0) is 22.2. The van der Waals surface area contributed by atoms with Gasteiger partial charge in [-0.05, 0) is 42.3 Å². The molecule has 1 aromatic heterocycles. The Morgan fingerprint density at radius 3 is 2.41 bits per heavy atom. The molecule has 162 valence electrons. The van der Waals surface area contributed by atoms with E-state index < -0.39 is 0 Å². The van der Waals surface area contributed by atoms with Gasteiger partial charge in [-0.3, -0.25) is 9.36 Å². The second-order valence-electron chi connectivity index (χ2n) is 7.34. The number of rotatable bonds is 9. The number of benzene rings is 3. The zero-order valence-electron chi connectivity index (χ0n) is 17.9. The van der Waals surface area contributed by atoms with Crippen LogP contribution in [0, 0.1) is 6.92 Å². The third-order valence-corrected chi connectivity index (χ3v) is 5.78. The maximum absolute atomic E-state index is 12.4. The van der Waals surface area contributed by atoms with Crippen molar-refractivity contribution in [2.45, 2.75) is 25.2 Å². The van der Waals surface area contributed by atoms with Crippen LogP contribution >= 0.6 is 11.8 Å². The van der Waals surface area contributed by atoms with Crippen LogP contribution in [0.1, 0.15) is 17.0 Å². The van der Waals surface area contributed by atoms with E-state index in [9.17, 15) is 4.79 Å². The average molecular weight is 444 g/mol. The second kappa shape index (κ2) is 10.6. The third kappa shape index (κ3) is 5.76. The first kappa shape index (κ1) is 21.6. The van der Waals surface area contributed by atoms with Crippen molar-refractivity contribution >= 4 is 23.4 Å². The Morgan fingerprint density at radius 2 is 1.66 bits per heavy atom. The number of amides is 1. The van der Waals surface area contributed by atoms with Gasteiger partial charge in [-0.15, -0.1) is 10.2 Å². The highest BCUT2D eigenvalue weighted by atomic mass is 32.2. The quantitative estimate of drug-likeness (QED) is 0.370. The molecule has 0 fully saturated rings. The van der Waals surface area contributed by atoms with Crippen LogP contribution in [0.3, 0.4) is 0 Å². The lowest BCUT2D eigenvalue weighted by Crippen LogP contribution is -2.24. The molecule has 0 aliphatic rings. The Kier molecular flexibility index (Phi) is 7.19. The fourth-order valence-corrected chi connectivity index (χ4v) is 4.06. The van der Waals surface area contributed by atoms with Gasteiger partial charge in [0.2, 0.25) is 5.91 Å². The number of hydrogen-bond acceptors (Lipinski definition) is 5. The molecule has 1 amide bonds. The largest absolute Gasteiger partial charge is 0.378 e. The first-order valence-electron chi connectivity index (χ1n) is 10.4. The molecule has 0 spiro atoms. The molecule has 4 aromatic rings. The van der Waals surface area contributed by atoms with Crippen LogP contribution in [0.25, 0.3) is 5.69 Å². The van der Waals surface area contributed by atoms with Crippen LogP contribution in [0.15, 0.2) is 90.1 Å². The summed E-state index contributed by atoms with van der Waals surface area (Å²) >= 11 is 1.38. The van der Waals surface area contributed by atoms with Crippen LogP contribution in [0.2, 0.25) is 0 Å². The van der Waals surface area contributed by atoms with E-state index in [1.807, 2.05) is 77.4 Å². The molecule has 0 atom stereocenters. The van der Waals surface area contributed by atoms with Crippen LogP contribution in [-0.2, 0) is 17.9 Å². The van der Waals surface area contributed by atoms with Crippen molar-refractivity contribution in [3.05, 3.63) is 102 Å². The van der Waals surface area contributed by atoms with Gasteiger partial charge in [-0.25, -0.2) is 0 Å². The Hall–Kier alpha value is -3.58. The molecule has 0 saturated carbocycles. The Morgan fingerprint density at radius 1 is 0.906 bits per heavy atom. The standard InChI is InChI=1S/C25H25N5OS/c1-19-9-8-12-21(15-19)26-17-23-28-29-25(30(23)22-13-6-3-7-14-22)32-18-24(31)27-16-20-10-4-2-5-11-20/h2-15,26H,16-18H2,1H3,(H,27,31). The van der Waals surface area contributed by atoms with E-state index in [0.29, 0.717) is 18.2 Å². The van der Waals surface area contributed by atoms with Crippen molar-refractivity contribution in [2.75, 3.05) is 11.1 Å². The molecule has 0 unspecified atom stereocenters. The van der Waals surface area contributed by atoms with Crippen LogP contribution < -0.4 is 10.6 Å². The van der Waals surface area contributed by atoms with Crippen molar-refractivity contribution in [3.8, 4) is 5.69 Å². The number of carbonyl (C=O) groups is 1. The lowest BCUT2D eigenvalue weighted by Gasteiger charge is -2.12. The highest BCUT2D eigenvalue weighted by Gasteiger charge is 2.16. The molecule has 32 heavy (non-hydrogen) atoms. The van der Waals surface area contributed by atoms with Crippen molar-refractivity contribution in [1.82, 2.24) is 20.1 Å². The van der Waals surface area contributed by atoms with Crippen molar-refractivity contribution < 1.29 is 4.79 Å². The van der Waals surface area contributed by atoms with Crippen molar-refractivity contribution in [1.29, 1.82) is 0 Å². The Labute approximate surface area is 192 Å². The summed E-state index contributed by atoms with van der Waals surface area (Å²) in [6, 6.07) is 28.0. The minimum absolute atomic E-state index is 0.0408. The number of nitrogens with zero attached hydrogens (tertiary/aromatic N) is 3. The molecule has 0 aliphatic carbocycles. The maximum Gasteiger partial charge on any atom is 0.230 e. The van der Waals surface area contributed by atoms with E-state index in [2.05, 4.69) is 39.9 Å². The Bertz CT molecular complexity index is 1160. The molecule has 1 heterocycles. The van der Waals surface area contributed by atoms with Gasteiger partial charge in [0.05, 0.1) is 12.3 Å². The molecule has 3 aromatic carbocycles. The summed E-state index contributed by atoms with van der Waals surface area (Å²) in [6.07, 6.45) is 0. The number of nitrogens with one attached hydrogen (secondary N) is 2. The Balaban J connectivity index is 1.45. The molecule has 4 rings (SSSR count). The van der Waals surface area contributed by atoms with Gasteiger partial charge in [0.15, 0.2) is 11.0 Å². The summed E-state index contributed by atoms with van der Waals surface area (Å²) in [6.45, 7) is 3.10. The predicted octanol–water partition coefficient (Wildman–Crippen LogP) is 4.60. The highest BCUT2D eigenvalue weighted by Crippen LogP contribution is 2.23. The van der Waals surface area contributed by atoms with E-state index >= 15 is 0 Å². The molecule has 0 radical (unpaired) electrons. The van der Waals surface area contributed by atoms with E-state index in [0.717, 1.165) is 22.8 Å². The molecular formula is C25H25N5OS. The average Bonchev–Trinajstić information content (AvgIpc) is 3.24. The lowest BCUT2D eigenvalue weighted by atomic mass is 10.2. The number of thioether (sulfide) groups is 1. The number of aromatic nitrogens is 3. The zero-order valence-corrected chi connectivity index (χ0v) is 18.7. The van der Waals surface area contributed by atoms with Gasteiger partial charge in [-0.2, -0.15) is 0 Å². The first-order chi connectivity index (χ1) is 15.7. The van der Waals surface area contributed by atoms with Crippen molar-refractivity contribution in [3.63, 3.8) is 0 Å². The van der Waals surface area contributed by atoms with Crippen molar-refractivity contribution in [2.24, 2.45) is 0 Å². The topological polar surface area (TPSA) is 71.8 Å². The molecule has 7 heteroatoms. The van der Waals surface area contributed by atoms with Gasteiger partial charge in [-0.1, -0.05) is 72.4 Å². The highest BCUT2D eigenvalue weighted by molar-refractivity contribution is 7.99. The van der Waals surface area contributed by atoms with E-state index in [-0.39, 0.29) is 11.7 Å². The molecular weight excluding hydrogens is 418 g/mol. The summed E-state index contributed by atoms with van der Waals surface area (Å²) in [4.78, 5) is 12.4. The fourth-order valence-electron chi connectivity index (χ4n) is 3.26. The molecule has 0 saturated heterocycles. The monoisotopic (exact) mass is 443 g/mol. The predicted molar refractivity (Wildman–Crippen MR) is 129 cm³/mol. The number of anilines is 1. The summed E-state index contributed by atoms with van der Waals surface area (Å²) in [5.41, 5.74) is 4.26. The van der Waals surface area contributed by atoms with E-state index in [1.54, 1.807) is 0 Å². The molecule has 0 aliphatic heterocycles. The van der Waals surface area contributed by atoms with Gasteiger partial charge >= 0.3 is 0 Å². The minimum Gasteiger partial charge on any atom is -0.378 e. The lowest BCUT2D eigenvalue weighted by molar-refractivity contribution is -0.118. The van der Waals surface area contributed by atoms with Gasteiger partial charge in [0, 0.05) is 17.9 Å². The van der Waals surface area contributed by atoms with Crippen LogP contribution in [0.5, 0.6) is 0 Å². The molecule has 6 nitrogen and oxygen atoms in total. The van der Waals surface area contributed by atoms with Gasteiger partial charge in [0.1, 0.15) is 0 Å². The second-order valence-corrected chi connectivity index (χ2v) is 8.29. The van der Waals surface area contributed by atoms with Gasteiger partial charge < -0.3 is 10.6 Å². The van der Waals surface area contributed by atoms with E-state index in [1.165, 1.54) is 17.3 Å².